The van der Waals surface area contributed by atoms with E-state index in [1.54, 1.807) is 0 Å². The molecule has 4 aliphatic carbocycles. The minimum atomic E-state index is -0.277. The number of carbonyl (C=O) groups is 3. The molecule has 0 radical (unpaired) electrons. The molecule has 4 aliphatic rings. The van der Waals surface area contributed by atoms with Crippen molar-refractivity contribution in [2.75, 3.05) is 7.11 Å². The van der Waals surface area contributed by atoms with Crippen LogP contribution in [0.3, 0.4) is 0 Å². The van der Waals surface area contributed by atoms with E-state index in [2.05, 4.69) is 13.8 Å². The first kappa shape index (κ1) is 19.9. The summed E-state index contributed by atoms with van der Waals surface area (Å²) >= 11 is 0. The van der Waals surface area contributed by atoms with Crippen molar-refractivity contribution >= 4 is 17.7 Å². The van der Waals surface area contributed by atoms with Crippen LogP contribution in [0.1, 0.15) is 72.1 Å². The van der Waals surface area contributed by atoms with Crippen LogP contribution in [0.25, 0.3) is 0 Å². The molecule has 0 heterocycles. The van der Waals surface area contributed by atoms with Gasteiger partial charge in [-0.25, -0.2) is 0 Å². The number of hydrogen-bond donors (Lipinski definition) is 0. The summed E-state index contributed by atoms with van der Waals surface area (Å²) in [6, 6.07) is 0. The Balaban J connectivity index is 1.57. The van der Waals surface area contributed by atoms with Crippen molar-refractivity contribution in [1.82, 2.24) is 0 Å². The van der Waals surface area contributed by atoms with E-state index >= 15 is 0 Å². The van der Waals surface area contributed by atoms with Crippen LogP contribution in [0.4, 0.5) is 0 Å². The highest BCUT2D eigenvalue weighted by molar-refractivity contribution is 5.91. The lowest BCUT2D eigenvalue weighted by Gasteiger charge is -2.60. The molecule has 4 saturated carbocycles. The predicted octanol–water partition coefficient (Wildman–Crippen LogP) is 3.93. The van der Waals surface area contributed by atoms with E-state index in [4.69, 9.17) is 9.47 Å². The molecule has 156 valence electrons. The second-order valence-electron chi connectivity index (χ2n) is 10.3. The standard InChI is InChI=1S/C23H34O5/c1-13(24)28-15-7-9-22(2)14(11-15)5-6-16-17(22)8-10-23(3)18(21(26)27-4)12-19(25)20(16)23/h14-18,20H,5-12H2,1-4H3. The monoisotopic (exact) mass is 390 g/mol. The van der Waals surface area contributed by atoms with Gasteiger partial charge in [0.2, 0.25) is 0 Å². The molecule has 0 bridgehead atoms. The Hall–Kier alpha value is -1.39. The van der Waals surface area contributed by atoms with Crippen molar-refractivity contribution < 1.29 is 23.9 Å². The number of Topliss-reactive ketones (excluding diaryl/α,β-unsaturated/α-hetero) is 1. The maximum Gasteiger partial charge on any atom is 0.309 e. The Morgan fingerprint density at radius 1 is 1.04 bits per heavy atom. The topological polar surface area (TPSA) is 69.7 Å². The van der Waals surface area contributed by atoms with Gasteiger partial charge < -0.3 is 9.47 Å². The van der Waals surface area contributed by atoms with Gasteiger partial charge in [0.05, 0.1) is 13.0 Å². The second kappa shape index (κ2) is 6.84. The zero-order valence-corrected chi connectivity index (χ0v) is 17.7. The highest BCUT2D eigenvalue weighted by Crippen LogP contribution is 2.66. The van der Waals surface area contributed by atoms with Crippen LogP contribution in [0, 0.1) is 40.4 Å². The molecule has 5 nitrogen and oxygen atoms in total. The second-order valence-corrected chi connectivity index (χ2v) is 10.3. The lowest BCUT2D eigenvalue weighted by Crippen LogP contribution is -2.55. The van der Waals surface area contributed by atoms with Crippen molar-refractivity contribution in [2.45, 2.75) is 78.2 Å². The van der Waals surface area contributed by atoms with Gasteiger partial charge in [-0.3, -0.25) is 14.4 Å². The number of fused-ring (bicyclic) bond motifs is 5. The predicted molar refractivity (Wildman–Crippen MR) is 103 cm³/mol. The van der Waals surface area contributed by atoms with Crippen molar-refractivity contribution in [3.63, 3.8) is 0 Å². The van der Waals surface area contributed by atoms with Crippen LogP contribution < -0.4 is 0 Å². The molecule has 28 heavy (non-hydrogen) atoms. The van der Waals surface area contributed by atoms with Crippen LogP contribution in [0.5, 0.6) is 0 Å². The molecule has 0 spiro atoms. The number of ketones is 1. The van der Waals surface area contributed by atoms with Crippen LogP contribution in [0.2, 0.25) is 0 Å². The van der Waals surface area contributed by atoms with E-state index in [-0.39, 0.29) is 46.5 Å². The van der Waals surface area contributed by atoms with E-state index in [0.29, 0.717) is 24.2 Å². The van der Waals surface area contributed by atoms with Crippen LogP contribution in [-0.2, 0) is 23.9 Å². The van der Waals surface area contributed by atoms with Gasteiger partial charge in [0.25, 0.3) is 0 Å². The van der Waals surface area contributed by atoms with Gasteiger partial charge in [-0.1, -0.05) is 13.8 Å². The highest BCUT2D eigenvalue weighted by atomic mass is 16.5. The fourth-order valence-electron chi connectivity index (χ4n) is 7.85. The Bertz CT molecular complexity index is 686. The molecular weight excluding hydrogens is 356 g/mol. The van der Waals surface area contributed by atoms with E-state index in [0.717, 1.165) is 44.9 Å². The average molecular weight is 391 g/mol. The Labute approximate surface area is 167 Å². The summed E-state index contributed by atoms with van der Waals surface area (Å²) < 4.78 is 10.6. The highest BCUT2D eigenvalue weighted by Gasteiger charge is 2.64. The summed E-state index contributed by atoms with van der Waals surface area (Å²) in [5, 5.41) is 0. The molecule has 0 aromatic carbocycles. The van der Waals surface area contributed by atoms with Crippen molar-refractivity contribution in [3.8, 4) is 0 Å². The molecule has 8 unspecified atom stereocenters. The summed E-state index contributed by atoms with van der Waals surface area (Å²) in [4.78, 5) is 36.8. The van der Waals surface area contributed by atoms with Gasteiger partial charge in [-0.15, -0.1) is 0 Å². The average Bonchev–Trinajstić information content (AvgIpc) is 2.92. The lowest BCUT2D eigenvalue weighted by molar-refractivity contribution is -0.166. The van der Waals surface area contributed by atoms with Crippen LogP contribution in [0.15, 0.2) is 0 Å². The van der Waals surface area contributed by atoms with Crippen molar-refractivity contribution in [1.29, 1.82) is 0 Å². The van der Waals surface area contributed by atoms with Crippen molar-refractivity contribution in [2.24, 2.45) is 40.4 Å². The minimum absolute atomic E-state index is 0.000631. The summed E-state index contributed by atoms with van der Waals surface area (Å²) in [5.74, 6) is 1.09. The van der Waals surface area contributed by atoms with Gasteiger partial charge in [-0.05, 0) is 73.5 Å². The zero-order chi connectivity index (χ0) is 20.3. The Morgan fingerprint density at radius 2 is 1.75 bits per heavy atom. The van der Waals surface area contributed by atoms with Gasteiger partial charge in [-0.2, -0.15) is 0 Å². The summed E-state index contributed by atoms with van der Waals surface area (Å²) in [5.41, 5.74) is -0.0337. The van der Waals surface area contributed by atoms with E-state index in [1.807, 2.05) is 0 Å². The third kappa shape index (κ3) is 2.83. The zero-order valence-electron chi connectivity index (χ0n) is 17.7. The van der Waals surface area contributed by atoms with Crippen LogP contribution in [-0.4, -0.2) is 30.9 Å². The summed E-state index contributed by atoms with van der Waals surface area (Å²) in [7, 11) is 1.43. The Kier molecular flexibility index (Phi) is 4.86. The normalized spacial score (nSPS) is 47.5. The molecule has 4 fully saturated rings. The maximum atomic E-state index is 13.1. The summed E-state index contributed by atoms with van der Waals surface area (Å²) in [6.45, 7) is 6.07. The molecule has 0 N–H and O–H groups in total. The quantitative estimate of drug-likeness (QED) is 0.668. The number of hydrogen-bond acceptors (Lipinski definition) is 5. The molecule has 4 rings (SSSR count). The van der Waals surface area contributed by atoms with Gasteiger partial charge in [0.15, 0.2) is 0 Å². The third-order valence-electron chi connectivity index (χ3n) is 9.20. The molecular formula is C23H34O5. The number of methoxy groups -OCH3 is 1. The number of rotatable bonds is 2. The molecule has 0 saturated heterocycles. The first-order chi connectivity index (χ1) is 13.2. The van der Waals surface area contributed by atoms with Gasteiger partial charge >= 0.3 is 11.9 Å². The van der Waals surface area contributed by atoms with Gasteiger partial charge in [0.1, 0.15) is 11.9 Å². The van der Waals surface area contributed by atoms with Crippen LogP contribution >= 0.6 is 0 Å². The molecule has 5 heteroatoms. The first-order valence-electron chi connectivity index (χ1n) is 11.0. The first-order valence-corrected chi connectivity index (χ1v) is 11.0. The SMILES string of the molecule is COC(=O)C1CC(=O)C2C3CCC4CC(OC(C)=O)CCC4(C)C3CCC12C. The van der Waals surface area contributed by atoms with E-state index in [9.17, 15) is 14.4 Å². The van der Waals surface area contributed by atoms with E-state index in [1.165, 1.54) is 14.0 Å². The van der Waals surface area contributed by atoms with Gasteiger partial charge in [0, 0.05) is 19.3 Å². The largest absolute Gasteiger partial charge is 0.469 e. The fraction of sp³-hybridized carbons (Fsp3) is 0.870. The maximum absolute atomic E-state index is 13.1. The smallest absolute Gasteiger partial charge is 0.309 e. The molecule has 0 aromatic rings. The van der Waals surface area contributed by atoms with Crippen molar-refractivity contribution in [3.05, 3.63) is 0 Å². The summed E-state index contributed by atoms with van der Waals surface area (Å²) in [6.07, 6.45) is 7.52. The molecule has 8 atom stereocenters. The molecule has 0 aromatic heterocycles. The number of carbonyl (C=O) groups excluding carboxylic acids is 3. The number of esters is 2. The lowest BCUT2D eigenvalue weighted by atomic mass is 9.44. The fourth-order valence-corrected chi connectivity index (χ4v) is 7.85. The Morgan fingerprint density at radius 3 is 2.43 bits per heavy atom. The third-order valence-corrected chi connectivity index (χ3v) is 9.20. The number of ether oxygens (including phenoxy) is 2. The molecule has 0 aliphatic heterocycles. The minimum Gasteiger partial charge on any atom is -0.469 e. The van der Waals surface area contributed by atoms with E-state index < -0.39 is 0 Å². The molecule has 0 amide bonds.